The van der Waals surface area contributed by atoms with Crippen LogP contribution in [0.5, 0.6) is 0 Å². The van der Waals surface area contributed by atoms with Crippen LogP contribution < -0.4 is 0 Å². The van der Waals surface area contributed by atoms with Crippen molar-refractivity contribution in [3.8, 4) is 11.4 Å². The van der Waals surface area contributed by atoms with E-state index in [1.165, 1.54) is 11.8 Å². The molecule has 0 amide bonds. The summed E-state index contributed by atoms with van der Waals surface area (Å²) < 4.78 is 4.25. The van der Waals surface area contributed by atoms with Crippen molar-refractivity contribution in [3.63, 3.8) is 0 Å². The third kappa shape index (κ3) is 3.98. The molecular formula is C20H25N5OS. The predicted molar refractivity (Wildman–Crippen MR) is 108 cm³/mol. The maximum atomic E-state index is 12.8. The van der Waals surface area contributed by atoms with Crippen molar-refractivity contribution >= 4 is 17.5 Å². The molecule has 0 fully saturated rings. The second-order valence-electron chi connectivity index (χ2n) is 6.43. The van der Waals surface area contributed by atoms with Gasteiger partial charge in [-0.3, -0.25) is 9.78 Å². The maximum absolute atomic E-state index is 12.8. The summed E-state index contributed by atoms with van der Waals surface area (Å²) in [5, 5.41) is 9.47. The lowest BCUT2D eigenvalue weighted by molar-refractivity contribution is 0.102. The fourth-order valence-corrected chi connectivity index (χ4v) is 4.16. The highest BCUT2D eigenvalue weighted by Gasteiger charge is 2.18. The van der Waals surface area contributed by atoms with Crippen LogP contribution in [0.3, 0.4) is 0 Å². The summed E-state index contributed by atoms with van der Waals surface area (Å²) >= 11 is 1.45. The van der Waals surface area contributed by atoms with Crippen molar-refractivity contribution in [3.05, 3.63) is 47.5 Å². The largest absolute Gasteiger partial charge is 0.349 e. The first-order chi connectivity index (χ1) is 13.1. The summed E-state index contributed by atoms with van der Waals surface area (Å²) in [4.78, 5) is 16.8. The van der Waals surface area contributed by atoms with E-state index in [1.54, 1.807) is 12.4 Å². The van der Waals surface area contributed by atoms with E-state index in [0.29, 0.717) is 5.75 Å². The molecule has 0 aromatic carbocycles. The molecule has 27 heavy (non-hydrogen) atoms. The summed E-state index contributed by atoms with van der Waals surface area (Å²) in [7, 11) is 0. The van der Waals surface area contributed by atoms with Crippen LogP contribution in [-0.2, 0) is 13.1 Å². The number of rotatable bonds is 8. The van der Waals surface area contributed by atoms with Crippen LogP contribution in [0.4, 0.5) is 0 Å². The average molecular weight is 384 g/mol. The fraction of sp³-hybridized carbons (Fsp3) is 0.400. The van der Waals surface area contributed by atoms with E-state index in [0.717, 1.165) is 53.0 Å². The molecule has 0 aliphatic heterocycles. The Bertz CT molecular complexity index is 930. The molecule has 0 atom stereocenters. The molecule has 3 aromatic heterocycles. The maximum Gasteiger partial charge on any atom is 0.191 e. The monoisotopic (exact) mass is 383 g/mol. The minimum absolute atomic E-state index is 0.129. The Hall–Kier alpha value is -2.41. The number of ketones is 1. The number of hydrogen-bond acceptors (Lipinski definition) is 5. The van der Waals surface area contributed by atoms with Crippen LogP contribution in [-0.4, -0.2) is 35.9 Å². The fourth-order valence-electron chi connectivity index (χ4n) is 3.31. The van der Waals surface area contributed by atoms with E-state index >= 15 is 0 Å². The number of Topliss-reactive ketones (excluding diaryl/α,β-unsaturated/α-hetero) is 1. The third-order valence-corrected chi connectivity index (χ3v) is 5.59. The Morgan fingerprint density at radius 1 is 1.11 bits per heavy atom. The van der Waals surface area contributed by atoms with Gasteiger partial charge in [0.25, 0.3) is 0 Å². The molecule has 0 aliphatic carbocycles. The Morgan fingerprint density at radius 2 is 1.85 bits per heavy atom. The lowest BCUT2D eigenvalue weighted by Gasteiger charge is -2.09. The predicted octanol–water partition coefficient (Wildman–Crippen LogP) is 4.16. The summed E-state index contributed by atoms with van der Waals surface area (Å²) in [6, 6.07) is 5.84. The van der Waals surface area contributed by atoms with Gasteiger partial charge in [-0.15, -0.1) is 10.2 Å². The molecule has 0 radical (unpaired) electrons. The average Bonchev–Trinajstić information content (AvgIpc) is 3.21. The molecular weight excluding hydrogens is 358 g/mol. The highest BCUT2D eigenvalue weighted by molar-refractivity contribution is 7.99. The van der Waals surface area contributed by atoms with Gasteiger partial charge in [0.1, 0.15) is 0 Å². The minimum atomic E-state index is 0.129. The van der Waals surface area contributed by atoms with Gasteiger partial charge in [0.05, 0.1) is 5.75 Å². The molecule has 3 heterocycles. The number of aryl methyl sites for hydroxylation is 1. The number of thioether (sulfide) groups is 1. The van der Waals surface area contributed by atoms with Crippen LogP contribution >= 0.6 is 11.8 Å². The van der Waals surface area contributed by atoms with Crippen molar-refractivity contribution in [2.45, 2.75) is 52.4 Å². The standard InChI is InChI=1S/C20H25N5OS/c1-5-11-25-19(16-7-9-21-10-8-16)22-23-20(25)27-13-18(26)17-12-14(3)24(6-2)15(17)4/h7-10,12H,5-6,11,13H2,1-4H3. The summed E-state index contributed by atoms with van der Waals surface area (Å²) in [6.45, 7) is 9.95. The molecule has 7 heteroatoms. The Balaban J connectivity index is 1.80. The van der Waals surface area contributed by atoms with E-state index in [1.807, 2.05) is 32.0 Å². The van der Waals surface area contributed by atoms with Gasteiger partial charge >= 0.3 is 0 Å². The number of nitrogens with zero attached hydrogens (tertiary/aromatic N) is 5. The summed E-state index contributed by atoms with van der Waals surface area (Å²) in [6.07, 6.45) is 4.47. The van der Waals surface area contributed by atoms with Crippen LogP contribution in [0.25, 0.3) is 11.4 Å². The normalized spacial score (nSPS) is 11.1. The highest BCUT2D eigenvalue weighted by atomic mass is 32.2. The topological polar surface area (TPSA) is 65.6 Å². The Morgan fingerprint density at radius 3 is 2.48 bits per heavy atom. The van der Waals surface area contributed by atoms with E-state index in [2.05, 4.69) is 38.2 Å². The van der Waals surface area contributed by atoms with Gasteiger partial charge in [0.15, 0.2) is 16.8 Å². The van der Waals surface area contributed by atoms with Gasteiger partial charge in [-0.05, 0) is 45.4 Å². The van der Waals surface area contributed by atoms with E-state index in [4.69, 9.17) is 0 Å². The van der Waals surface area contributed by atoms with Crippen molar-refractivity contribution in [2.24, 2.45) is 0 Å². The molecule has 0 saturated heterocycles. The molecule has 0 bridgehead atoms. The molecule has 0 spiro atoms. The summed E-state index contributed by atoms with van der Waals surface area (Å²) in [5.74, 6) is 1.30. The van der Waals surface area contributed by atoms with Gasteiger partial charge < -0.3 is 9.13 Å². The van der Waals surface area contributed by atoms with Crippen molar-refractivity contribution in [1.29, 1.82) is 0 Å². The Kier molecular flexibility index (Phi) is 6.11. The Labute approximate surface area is 164 Å². The number of aromatic nitrogens is 5. The lowest BCUT2D eigenvalue weighted by Crippen LogP contribution is -2.07. The van der Waals surface area contributed by atoms with Gasteiger partial charge in [-0.1, -0.05) is 18.7 Å². The molecule has 0 N–H and O–H groups in total. The second-order valence-corrected chi connectivity index (χ2v) is 7.38. The highest BCUT2D eigenvalue weighted by Crippen LogP contribution is 2.25. The molecule has 6 nitrogen and oxygen atoms in total. The molecule has 3 aromatic rings. The molecule has 3 rings (SSSR count). The zero-order valence-corrected chi connectivity index (χ0v) is 17.1. The summed E-state index contributed by atoms with van der Waals surface area (Å²) in [5.41, 5.74) is 3.94. The number of hydrogen-bond donors (Lipinski definition) is 0. The molecule has 0 saturated carbocycles. The molecule has 0 unspecified atom stereocenters. The first-order valence-corrected chi connectivity index (χ1v) is 10.2. The molecule has 0 aliphatic rings. The van der Waals surface area contributed by atoms with Gasteiger partial charge in [-0.2, -0.15) is 0 Å². The zero-order valence-electron chi connectivity index (χ0n) is 16.3. The zero-order chi connectivity index (χ0) is 19.4. The van der Waals surface area contributed by atoms with E-state index in [9.17, 15) is 4.79 Å². The van der Waals surface area contributed by atoms with Gasteiger partial charge in [0.2, 0.25) is 0 Å². The lowest BCUT2D eigenvalue weighted by atomic mass is 10.2. The molecule has 142 valence electrons. The van der Waals surface area contributed by atoms with Gasteiger partial charge in [0, 0.05) is 48.0 Å². The van der Waals surface area contributed by atoms with Gasteiger partial charge in [-0.25, -0.2) is 0 Å². The number of pyridine rings is 1. The van der Waals surface area contributed by atoms with Crippen molar-refractivity contribution < 1.29 is 4.79 Å². The number of carbonyl (C=O) groups is 1. The first kappa shape index (κ1) is 19.4. The quantitative estimate of drug-likeness (QED) is 0.432. The van der Waals surface area contributed by atoms with Crippen LogP contribution in [0.15, 0.2) is 35.7 Å². The smallest absolute Gasteiger partial charge is 0.191 e. The first-order valence-electron chi connectivity index (χ1n) is 9.23. The van der Waals surface area contributed by atoms with E-state index in [-0.39, 0.29) is 5.78 Å². The van der Waals surface area contributed by atoms with Crippen LogP contribution in [0, 0.1) is 13.8 Å². The van der Waals surface area contributed by atoms with Crippen molar-refractivity contribution in [2.75, 3.05) is 5.75 Å². The second kappa shape index (κ2) is 8.52. The van der Waals surface area contributed by atoms with Crippen LogP contribution in [0.1, 0.15) is 42.0 Å². The van der Waals surface area contributed by atoms with Crippen LogP contribution in [0.2, 0.25) is 0 Å². The SMILES string of the molecule is CCCn1c(SCC(=O)c2cc(C)n(CC)c2C)nnc1-c1ccncc1. The van der Waals surface area contributed by atoms with Crippen molar-refractivity contribution in [1.82, 2.24) is 24.3 Å². The minimum Gasteiger partial charge on any atom is -0.349 e. The van der Waals surface area contributed by atoms with E-state index < -0.39 is 0 Å². The number of carbonyl (C=O) groups excluding carboxylic acids is 1. The third-order valence-electron chi connectivity index (χ3n) is 4.63.